The normalized spacial score (nSPS) is 14.7. The van der Waals surface area contributed by atoms with E-state index < -0.39 is 6.36 Å². The lowest BCUT2D eigenvalue weighted by Crippen LogP contribution is -2.17. The van der Waals surface area contributed by atoms with Crippen LogP contribution in [0.2, 0.25) is 0 Å². The molecule has 3 rings (SSSR count). The monoisotopic (exact) mass is 341 g/mol. The molecule has 24 heavy (non-hydrogen) atoms. The Kier molecular flexibility index (Phi) is 4.66. The van der Waals surface area contributed by atoms with Crippen molar-refractivity contribution in [1.82, 2.24) is 9.78 Å². The van der Waals surface area contributed by atoms with Gasteiger partial charge in [0.2, 0.25) is 0 Å². The lowest BCUT2D eigenvalue weighted by Gasteiger charge is -2.11. The van der Waals surface area contributed by atoms with E-state index in [-0.39, 0.29) is 5.75 Å². The minimum absolute atomic E-state index is 0.255. The third kappa shape index (κ3) is 3.64. The Hall–Kier alpha value is -2.22. The molecule has 0 fully saturated rings. The van der Waals surface area contributed by atoms with Crippen LogP contribution in [0.15, 0.2) is 24.3 Å². The zero-order valence-electron chi connectivity index (χ0n) is 13.2. The smallest absolute Gasteiger partial charge is 0.406 e. The number of ether oxygens (including phenoxy) is 2. The van der Waals surface area contributed by atoms with Gasteiger partial charge in [0.1, 0.15) is 11.6 Å². The van der Waals surface area contributed by atoms with Crippen LogP contribution >= 0.6 is 0 Å². The molecule has 8 heteroatoms. The number of hydrogen-bond acceptors (Lipinski definition) is 4. The van der Waals surface area contributed by atoms with E-state index in [2.05, 4.69) is 15.2 Å². The van der Waals surface area contributed by atoms with Crippen molar-refractivity contribution in [1.29, 1.82) is 0 Å². The average Bonchev–Trinajstić information content (AvgIpc) is 2.70. The van der Waals surface area contributed by atoms with Crippen LogP contribution in [0.25, 0.3) is 5.69 Å². The number of halogens is 3. The second-order valence-corrected chi connectivity index (χ2v) is 5.54. The molecule has 5 nitrogen and oxygen atoms in total. The summed E-state index contributed by atoms with van der Waals surface area (Å²) in [4.78, 5) is 0. The molecule has 0 unspecified atom stereocenters. The molecule has 130 valence electrons. The quantitative estimate of drug-likeness (QED) is 0.922. The van der Waals surface area contributed by atoms with Gasteiger partial charge < -0.3 is 14.8 Å². The molecule has 1 aliphatic rings. The Morgan fingerprint density at radius 2 is 1.96 bits per heavy atom. The molecule has 1 aliphatic heterocycles. The van der Waals surface area contributed by atoms with Gasteiger partial charge in [0, 0.05) is 19.2 Å². The van der Waals surface area contributed by atoms with E-state index in [1.807, 2.05) is 0 Å². The third-order valence-electron chi connectivity index (χ3n) is 3.81. The van der Waals surface area contributed by atoms with E-state index in [0.717, 1.165) is 42.9 Å². The zero-order valence-corrected chi connectivity index (χ0v) is 13.2. The van der Waals surface area contributed by atoms with E-state index in [1.54, 1.807) is 23.9 Å². The Morgan fingerprint density at radius 3 is 2.62 bits per heavy atom. The van der Waals surface area contributed by atoms with Crippen LogP contribution in [0.3, 0.4) is 0 Å². The van der Waals surface area contributed by atoms with Crippen molar-refractivity contribution in [2.75, 3.05) is 19.0 Å². The van der Waals surface area contributed by atoms with Crippen molar-refractivity contribution >= 4 is 5.82 Å². The first kappa shape index (κ1) is 16.6. The Bertz CT molecular complexity index is 696. The predicted octanol–water partition coefficient (Wildman–Crippen LogP) is 3.67. The molecule has 0 aliphatic carbocycles. The fraction of sp³-hybridized carbons (Fsp3) is 0.438. The van der Waals surface area contributed by atoms with Crippen molar-refractivity contribution < 1.29 is 22.6 Å². The second-order valence-electron chi connectivity index (χ2n) is 5.54. The van der Waals surface area contributed by atoms with E-state index in [9.17, 15) is 13.2 Å². The molecule has 0 saturated carbocycles. The molecular formula is C16H18F3N3O2. The average molecular weight is 341 g/mol. The molecule has 1 N–H and O–H groups in total. The van der Waals surface area contributed by atoms with Crippen LogP contribution in [0.5, 0.6) is 5.75 Å². The minimum atomic E-state index is -4.70. The summed E-state index contributed by atoms with van der Waals surface area (Å²) in [6, 6.07) is 5.67. The highest BCUT2D eigenvalue weighted by Gasteiger charge is 2.31. The standard InChI is InChI=1S/C16H18F3N3O2/c1-23-10-14-13-4-2-3-9-20-15(13)22(21-14)11-5-7-12(8-6-11)24-16(17,18)19/h5-8,20H,2-4,9-10H2,1H3. The summed E-state index contributed by atoms with van der Waals surface area (Å²) in [5.74, 6) is 0.624. The molecule has 0 spiro atoms. The number of anilines is 1. The van der Waals surface area contributed by atoms with Crippen LogP contribution in [0.4, 0.5) is 19.0 Å². The predicted molar refractivity (Wildman–Crippen MR) is 82.4 cm³/mol. The van der Waals surface area contributed by atoms with E-state index in [1.165, 1.54) is 12.1 Å². The highest BCUT2D eigenvalue weighted by Crippen LogP contribution is 2.30. The number of benzene rings is 1. The van der Waals surface area contributed by atoms with Crippen molar-refractivity contribution in [3.8, 4) is 11.4 Å². The maximum absolute atomic E-state index is 12.3. The number of alkyl halides is 3. The Balaban J connectivity index is 1.94. The zero-order chi connectivity index (χ0) is 17.2. The van der Waals surface area contributed by atoms with Gasteiger partial charge >= 0.3 is 6.36 Å². The Morgan fingerprint density at radius 1 is 1.21 bits per heavy atom. The highest BCUT2D eigenvalue weighted by molar-refractivity contribution is 5.54. The van der Waals surface area contributed by atoms with Crippen LogP contribution in [-0.2, 0) is 17.8 Å². The van der Waals surface area contributed by atoms with Gasteiger partial charge in [-0.3, -0.25) is 0 Å². The largest absolute Gasteiger partial charge is 0.573 e. The lowest BCUT2D eigenvalue weighted by atomic mass is 10.1. The van der Waals surface area contributed by atoms with Gasteiger partial charge in [-0.1, -0.05) is 0 Å². The molecular weight excluding hydrogens is 323 g/mol. The molecule has 0 atom stereocenters. The van der Waals surface area contributed by atoms with E-state index >= 15 is 0 Å². The van der Waals surface area contributed by atoms with E-state index in [4.69, 9.17) is 4.74 Å². The molecule has 2 aromatic rings. The molecule has 1 aromatic carbocycles. The first-order valence-corrected chi connectivity index (χ1v) is 7.67. The van der Waals surface area contributed by atoms with Crippen molar-refractivity contribution in [3.05, 3.63) is 35.5 Å². The number of hydrogen-bond donors (Lipinski definition) is 1. The SMILES string of the molecule is COCc1nn(-c2ccc(OC(F)(F)F)cc2)c2c1CCCCN2. The fourth-order valence-corrected chi connectivity index (χ4v) is 2.80. The van der Waals surface area contributed by atoms with Gasteiger partial charge in [0.15, 0.2) is 0 Å². The van der Waals surface area contributed by atoms with Gasteiger partial charge in [0.25, 0.3) is 0 Å². The van der Waals surface area contributed by atoms with Gasteiger partial charge in [-0.15, -0.1) is 13.2 Å². The molecule has 0 saturated heterocycles. The summed E-state index contributed by atoms with van der Waals surface area (Å²) in [7, 11) is 1.61. The van der Waals surface area contributed by atoms with Gasteiger partial charge in [-0.25, -0.2) is 4.68 Å². The van der Waals surface area contributed by atoms with Crippen molar-refractivity contribution in [2.24, 2.45) is 0 Å². The van der Waals surface area contributed by atoms with Crippen LogP contribution in [-0.4, -0.2) is 29.8 Å². The first-order chi connectivity index (χ1) is 11.5. The van der Waals surface area contributed by atoms with Crippen molar-refractivity contribution in [3.63, 3.8) is 0 Å². The minimum Gasteiger partial charge on any atom is -0.406 e. The van der Waals surface area contributed by atoms with Crippen LogP contribution in [0.1, 0.15) is 24.1 Å². The van der Waals surface area contributed by atoms with Crippen LogP contribution < -0.4 is 10.1 Å². The molecule has 1 aromatic heterocycles. The summed E-state index contributed by atoms with van der Waals surface area (Å²) in [6.07, 6.45) is -1.69. The summed E-state index contributed by atoms with van der Waals surface area (Å²) < 4.78 is 47.6. The molecule has 0 bridgehead atoms. The summed E-state index contributed by atoms with van der Waals surface area (Å²) in [5.41, 5.74) is 2.61. The first-order valence-electron chi connectivity index (χ1n) is 7.67. The number of rotatable bonds is 4. The fourth-order valence-electron chi connectivity index (χ4n) is 2.80. The highest BCUT2D eigenvalue weighted by atomic mass is 19.4. The van der Waals surface area contributed by atoms with Crippen LogP contribution in [0, 0.1) is 0 Å². The van der Waals surface area contributed by atoms with E-state index in [0.29, 0.717) is 12.3 Å². The number of aromatic nitrogens is 2. The summed E-state index contributed by atoms with van der Waals surface area (Å²) >= 11 is 0. The van der Waals surface area contributed by atoms with Gasteiger partial charge in [-0.2, -0.15) is 5.10 Å². The maximum Gasteiger partial charge on any atom is 0.573 e. The van der Waals surface area contributed by atoms with Crippen molar-refractivity contribution in [2.45, 2.75) is 32.2 Å². The Labute approximate surface area is 137 Å². The number of nitrogens with zero attached hydrogens (tertiary/aromatic N) is 2. The maximum atomic E-state index is 12.3. The topological polar surface area (TPSA) is 48.3 Å². The second kappa shape index (κ2) is 6.72. The molecule has 0 amide bonds. The van der Waals surface area contributed by atoms with Gasteiger partial charge in [-0.05, 0) is 43.5 Å². The number of methoxy groups -OCH3 is 1. The lowest BCUT2D eigenvalue weighted by molar-refractivity contribution is -0.274. The molecule has 2 heterocycles. The third-order valence-corrected chi connectivity index (χ3v) is 3.81. The van der Waals surface area contributed by atoms with Gasteiger partial charge in [0.05, 0.1) is 18.0 Å². The molecule has 0 radical (unpaired) electrons. The summed E-state index contributed by atoms with van der Waals surface area (Å²) in [6.45, 7) is 1.23. The number of nitrogens with one attached hydrogen (secondary N) is 1. The number of fused-ring (bicyclic) bond motifs is 1. The summed E-state index contributed by atoms with van der Waals surface area (Å²) in [5, 5.41) is 7.92.